The Labute approximate surface area is 737 Å². The maximum absolute atomic E-state index is 15.0. The SMILES string of the molecule is CCCCCCCCCC(=O)N[C@@H](Cc1c[nH]c2ccccc12)C(=O)N[C@@H](CC(N)=O)C(=O)N[C@@H](CC(=O)O)C(=O)NC1C(=O)NCC(=O)N[C@@H](CCCNC(=O)[C@H](N)Cc2c[nH]c3ccccc23)C(=O)NC(CC(=O)O)C(=O)N[C@H](C)C(=O)N[C@@H](CC(=O)O)C(=O)NCC(=O)N[C@H](CO)C(=O)NC([C@H](C)CC(=O)O)C(=O)N[C@@H](CC(=O)c2ccccc2N)C(=O)OC1C. The van der Waals surface area contributed by atoms with Crippen molar-refractivity contribution < 1.29 is 131 Å². The van der Waals surface area contributed by atoms with Gasteiger partial charge in [-0.2, -0.15) is 0 Å². The van der Waals surface area contributed by atoms with E-state index in [9.17, 15) is 117 Å². The molecule has 3 aromatic carbocycles. The number of aromatic amines is 2. The molecule has 2 aromatic heterocycles. The molecule has 0 radical (unpaired) electrons. The van der Waals surface area contributed by atoms with E-state index in [4.69, 9.17) is 21.9 Å². The summed E-state index contributed by atoms with van der Waals surface area (Å²) in [7, 11) is 0. The van der Waals surface area contributed by atoms with E-state index in [0.717, 1.165) is 63.8 Å². The number of nitrogens with one attached hydrogen (secondary N) is 16. The van der Waals surface area contributed by atoms with Gasteiger partial charge >= 0.3 is 29.8 Å². The highest BCUT2D eigenvalue weighted by Crippen LogP contribution is 2.23. The van der Waals surface area contributed by atoms with E-state index in [0.29, 0.717) is 34.9 Å². The Kier molecular flexibility index (Phi) is 41.0. The first-order valence-corrected chi connectivity index (χ1v) is 41.5. The zero-order valence-corrected chi connectivity index (χ0v) is 71.2. The van der Waals surface area contributed by atoms with Crippen molar-refractivity contribution in [2.45, 2.75) is 222 Å². The number of H-pyrrole nitrogens is 2. The van der Waals surface area contributed by atoms with Gasteiger partial charge in [0.1, 0.15) is 72.6 Å². The molecule has 0 spiro atoms. The number of ether oxygens (including phenoxy) is 1. The summed E-state index contributed by atoms with van der Waals surface area (Å²) in [5.41, 5.74) is 20.1. The van der Waals surface area contributed by atoms with Gasteiger partial charge in [0, 0.05) is 71.3 Å². The molecule has 15 amide bonds. The van der Waals surface area contributed by atoms with Gasteiger partial charge in [0.15, 0.2) is 5.78 Å². The average Bonchev–Trinajstić information content (AvgIpc) is 1.72. The van der Waals surface area contributed by atoms with E-state index in [1.807, 2.05) is 16.0 Å². The number of carboxylic acid groups (broad SMARTS) is 4. The lowest BCUT2D eigenvalue weighted by Gasteiger charge is -2.30. The van der Waals surface area contributed by atoms with Gasteiger partial charge in [-0.05, 0) is 80.8 Å². The molecule has 0 bridgehead atoms. The van der Waals surface area contributed by atoms with Crippen molar-refractivity contribution in [1.29, 1.82) is 0 Å². The molecule has 700 valence electrons. The number of hydrogen-bond donors (Lipinski definition) is 24. The number of para-hydroxylation sites is 3. The Morgan fingerprint density at radius 3 is 1.60 bits per heavy atom. The number of aromatic nitrogens is 2. The van der Waals surface area contributed by atoms with Gasteiger partial charge in [-0.15, -0.1) is 0 Å². The Morgan fingerprint density at radius 2 is 1.02 bits per heavy atom. The van der Waals surface area contributed by atoms with Crippen molar-refractivity contribution in [2.75, 3.05) is 32.0 Å². The van der Waals surface area contributed by atoms with Gasteiger partial charge in [-0.1, -0.05) is 101 Å². The Hall–Kier alpha value is -14.5. The number of anilines is 1. The summed E-state index contributed by atoms with van der Waals surface area (Å²) in [6, 6.07) is -5.20. The molecule has 46 nitrogen and oxygen atoms in total. The quantitative estimate of drug-likeness (QED) is 0.00764. The number of cyclic esters (lactones) is 1. The predicted molar refractivity (Wildman–Crippen MR) is 454 cm³/mol. The molecule has 4 unspecified atom stereocenters. The number of unbranched alkanes of at least 4 members (excludes halogenated alkanes) is 6. The highest BCUT2D eigenvalue weighted by atomic mass is 16.5. The smallest absolute Gasteiger partial charge is 0.329 e. The maximum Gasteiger partial charge on any atom is 0.329 e. The summed E-state index contributed by atoms with van der Waals surface area (Å²) in [4.78, 5) is 297. The van der Waals surface area contributed by atoms with Gasteiger partial charge in [0.05, 0.1) is 57.8 Å². The second-order valence-corrected chi connectivity index (χ2v) is 30.9. The van der Waals surface area contributed by atoms with Crippen LogP contribution in [0.4, 0.5) is 5.69 Å². The lowest BCUT2D eigenvalue weighted by Crippen LogP contribution is -2.62. The number of ketones is 1. The summed E-state index contributed by atoms with van der Waals surface area (Å²) in [5.74, 6) is -31.0. The second kappa shape index (κ2) is 51.2. The summed E-state index contributed by atoms with van der Waals surface area (Å²) in [6.45, 7) is 0.826. The van der Waals surface area contributed by atoms with Crippen LogP contribution in [0.2, 0.25) is 0 Å². The molecule has 5 aromatic rings. The standard InChI is InChI=1S/C83H111N19O27/c1-5-6-7-8-9-10-11-26-63(106)94-54(30-45-37-89-52-24-17-14-20-47(45)52)77(122)97-55(32-62(86)105)78(123)99-58(35-69(115)116)79(124)102-71-43(4)129-83(128)59(31-61(104)48-21-12-15-22-49(48)84)100-82(127)70(41(2)28-66(109)110)101-80(125)60(40-103)95-65(108)38-90-74(119)56(33-67(111)112)96-72(117)42(3)92-76(121)57(34-68(113)114)98-75(120)53(93-64(107)39-91-81(71)126)25-18-27-87-73(118)50(85)29-44-36-88-51-23-16-13-19-46(44)51/h12-17,19-24,36-37,41-43,50,53-60,70-71,88-89,103H,5-11,18,25-35,38-40,84-85H2,1-4H3,(H2,86,105)(H,87,118)(H,90,119)(H,91,126)(H,92,121)(H,93,107)(H,94,106)(H,95,108)(H,96,117)(H,97,122)(H,98,120)(H,99,123)(H,100,127)(H,101,125)(H,102,124)(H,109,110)(H,111,112)(H,113,114)(H,115,116)/t41-,42-,43?,50-,53+,54+,55+,56+,57?,58+,59+,60-,70?,71?/m1/s1. The molecular formula is C83H111N19O27. The largest absolute Gasteiger partial charge is 0.481 e. The fourth-order valence-corrected chi connectivity index (χ4v) is 13.7. The zero-order chi connectivity index (χ0) is 95.3. The third-order valence-electron chi connectivity index (χ3n) is 20.6. The molecule has 1 fully saturated rings. The lowest BCUT2D eigenvalue weighted by atomic mass is 9.96. The number of carbonyl (C=O) groups excluding carboxylic acids is 17. The molecule has 3 heterocycles. The van der Waals surface area contributed by atoms with Gasteiger partial charge < -0.3 is 132 Å². The number of amides is 15. The minimum absolute atomic E-state index is 0.0221. The highest BCUT2D eigenvalue weighted by molar-refractivity contribution is 6.05. The van der Waals surface area contributed by atoms with Crippen LogP contribution in [-0.4, -0.2) is 265 Å². The Bertz CT molecular complexity index is 4920. The van der Waals surface area contributed by atoms with Gasteiger partial charge in [0.25, 0.3) is 0 Å². The predicted octanol–water partition coefficient (Wildman–Crippen LogP) is -4.41. The number of aliphatic hydroxyl groups is 1. The minimum Gasteiger partial charge on any atom is -0.481 e. The molecule has 1 aliphatic rings. The van der Waals surface area contributed by atoms with E-state index in [2.05, 4.69) is 75.4 Å². The first-order valence-electron chi connectivity index (χ1n) is 41.5. The normalized spacial score (nSPS) is 20.4. The van der Waals surface area contributed by atoms with Crippen LogP contribution in [-0.2, 0) is 113 Å². The van der Waals surface area contributed by atoms with E-state index >= 15 is 9.59 Å². The fourth-order valence-electron chi connectivity index (χ4n) is 13.7. The number of primary amides is 1. The first kappa shape index (κ1) is 103. The van der Waals surface area contributed by atoms with Crippen LogP contribution in [0, 0.1) is 5.92 Å². The van der Waals surface area contributed by atoms with Crippen LogP contribution in [0.3, 0.4) is 0 Å². The Morgan fingerprint density at radius 1 is 0.504 bits per heavy atom. The summed E-state index contributed by atoms with van der Waals surface area (Å²) >= 11 is 0. The van der Waals surface area contributed by atoms with Gasteiger partial charge in [0.2, 0.25) is 88.6 Å². The molecule has 0 saturated carbocycles. The van der Waals surface area contributed by atoms with Gasteiger partial charge in [-0.25, -0.2) is 4.79 Å². The first-order chi connectivity index (χ1) is 61.2. The van der Waals surface area contributed by atoms with Crippen molar-refractivity contribution in [3.05, 3.63) is 102 Å². The van der Waals surface area contributed by atoms with Crippen molar-refractivity contribution in [1.82, 2.24) is 84.4 Å². The fraction of sp³-hybridized carbons (Fsp3) is 0.482. The third-order valence-corrected chi connectivity index (χ3v) is 20.6. The number of carboxylic acids is 4. The number of esters is 1. The van der Waals surface area contributed by atoms with Crippen molar-refractivity contribution in [3.63, 3.8) is 0 Å². The zero-order valence-electron chi connectivity index (χ0n) is 71.2. The van der Waals surface area contributed by atoms with Crippen LogP contribution in [0.5, 0.6) is 0 Å². The highest BCUT2D eigenvalue weighted by Gasteiger charge is 2.41. The van der Waals surface area contributed by atoms with E-state index in [-0.39, 0.29) is 43.5 Å². The summed E-state index contributed by atoms with van der Waals surface area (Å²) in [6.07, 6.45) is -1.33. The average molecular weight is 1810 g/mol. The summed E-state index contributed by atoms with van der Waals surface area (Å²) in [5, 5.41) is 82.8. The van der Waals surface area contributed by atoms with Crippen molar-refractivity contribution in [2.24, 2.45) is 17.4 Å². The number of aliphatic carboxylic acids is 4. The number of aliphatic hydroxyl groups excluding tert-OH is 1. The molecule has 6 rings (SSSR count). The second-order valence-electron chi connectivity index (χ2n) is 30.9. The maximum atomic E-state index is 15.0. The van der Waals surface area contributed by atoms with Crippen LogP contribution >= 0.6 is 0 Å². The number of fused-ring (bicyclic) bond motifs is 2. The Balaban J connectivity index is 1.43. The molecule has 46 heteroatoms. The van der Waals surface area contributed by atoms with Crippen LogP contribution in [0.1, 0.15) is 152 Å². The monoisotopic (exact) mass is 1810 g/mol. The van der Waals surface area contributed by atoms with Crippen LogP contribution < -0.4 is 91.6 Å². The molecule has 0 aliphatic carbocycles. The number of rotatable bonds is 39. The number of hydrogen-bond acceptors (Lipinski definition) is 25. The molecule has 129 heavy (non-hydrogen) atoms. The number of nitrogens with two attached hydrogens (primary N) is 3. The molecule has 27 N–H and O–H groups in total. The third kappa shape index (κ3) is 33.8. The molecule has 1 saturated heterocycles. The molecular weight excluding hydrogens is 1700 g/mol. The van der Waals surface area contributed by atoms with Crippen molar-refractivity contribution in [3.8, 4) is 0 Å². The number of Topliss-reactive ketones (excluding diaryl/α,β-unsaturated/α-hetero) is 1. The number of benzene rings is 3. The van der Waals surface area contributed by atoms with E-state index in [1.165, 1.54) is 24.3 Å². The summed E-state index contributed by atoms with van der Waals surface area (Å²) < 4.78 is 5.74. The van der Waals surface area contributed by atoms with E-state index < -0.39 is 273 Å². The minimum atomic E-state index is -2.51. The van der Waals surface area contributed by atoms with Gasteiger partial charge in [-0.3, -0.25) is 95.9 Å². The van der Waals surface area contributed by atoms with Crippen LogP contribution in [0.25, 0.3) is 21.8 Å². The van der Waals surface area contributed by atoms with Crippen LogP contribution in [0.15, 0.2) is 85.2 Å². The number of carbonyl (C=O) groups is 21. The topological polar surface area (TPSA) is 747 Å². The molecule has 14 atom stereocenters. The number of nitrogen functional groups attached to an aromatic ring is 1. The van der Waals surface area contributed by atoms with E-state index in [1.54, 1.807) is 60.9 Å². The molecule has 1 aliphatic heterocycles. The van der Waals surface area contributed by atoms with Crippen molar-refractivity contribution >= 4 is 152 Å². The lowest BCUT2D eigenvalue weighted by molar-refractivity contribution is -0.156.